The number of anilines is 1. The fraction of sp³-hybridized carbons (Fsp3) is 0.500. The van der Waals surface area contributed by atoms with Gasteiger partial charge in [0.1, 0.15) is 6.54 Å². The standard InChI is InChI=1S/C16H24N2O3/c1-5-21-15(19)10-18(9-11(2)3)16(20)13-8-12(4)6-7-14(13)17/h6-8,11H,5,9-10,17H2,1-4H3. The van der Waals surface area contributed by atoms with Crippen LogP contribution < -0.4 is 5.73 Å². The van der Waals surface area contributed by atoms with Crippen molar-refractivity contribution in [2.24, 2.45) is 5.92 Å². The van der Waals surface area contributed by atoms with Gasteiger partial charge in [0.2, 0.25) is 0 Å². The summed E-state index contributed by atoms with van der Waals surface area (Å²) < 4.78 is 4.93. The first-order valence-corrected chi connectivity index (χ1v) is 7.16. The number of ether oxygens (including phenoxy) is 1. The highest BCUT2D eigenvalue weighted by molar-refractivity contribution is 6.00. The van der Waals surface area contributed by atoms with Gasteiger partial charge in [-0.3, -0.25) is 9.59 Å². The van der Waals surface area contributed by atoms with E-state index in [9.17, 15) is 9.59 Å². The second-order valence-corrected chi connectivity index (χ2v) is 5.48. The molecule has 0 spiro atoms. The van der Waals surface area contributed by atoms with Crippen molar-refractivity contribution < 1.29 is 14.3 Å². The van der Waals surface area contributed by atoms with Crippen LogP contribution in [0.5, 0.6) is 0 Å². The molecular weight excluding hydrogens is 268 g/mol. The Hall–Kier alpha value is -2.04. The second-order valence-electron chi connectivity index (χ2n) is 5.48. The van der Waals surface area contributed by atoms with Crippen molar-refractivity contribution in [3.63, 3.8) is 0 Å². The molecule has 0 saturated carbocycles. The SMILES string of the molecule is CCOC(=O)CN(CC(C)C)C(=O)c1cc(C)ccc1N. The van der Waals surface area contributed by atoms with Gasteiger partial charge in [0.05, 0.1) is 12.2 Å². The summed E-state index contributed by atoms with van der Waals surface area (Å²) in [5.41, 5.74) is 7.69. The molecule has 0 bridgehead atoms. The summed E-state index contributed by atoms with van der Waals surface area (Å²) in [6.45, 7) is 8.34. The topological polar surface area (TPSA) is 72.6 Å². The van der Waals surface area contributed by atoms with E-state index in [2.05, 4.69) is 0 Å². The minimum Gasteiger partial charge on any atom is -0.465 e. The zero-order valence-electron chi connectivity index (χ0n) is 13.2. The van der Waals surface area contributed by atoms with Crippen LogP contribution in [0.25, 0.3) is 0 Å². The number of carbonyl (C=O) groups excluding carboxylic acids is 2. The van der Waals surface area contributed by atoms with Crippen LogP contribution >= 0.6 is 0 Å². The maximum atomic E-state index is 12.6. The van der Waals surface area contributed by atoms with Gasteiger partial charge in [-0.2, -0.15) is 0 Å². The highest BCUT2D eigenvalue weighted by atomic mass is 16.5. The maximum absolute atomic E-state index is 12.6. The minimum absolute atomic E-state index is 0.0573. The molecule has 5 heteroatoms. The minimum atomic E-state index is -0.405. The molecule has 0 heterocycles. The summed E-state index contributed by atoms with van der Waals surface area (Å²) >= 11 is 0. The lowest BCUT2D eigenvalue weighted by Crippen LogP contribution is -2.39. The predicted molar refractivity (Wildman–Crippen MR) is 83.0 cm³/mol. The van der Waals surface area contributed by atoms with Crippen molar-refractivity contribution >= 4 is 17.6 Å². The molecule has 0 atom stereocenters. The Kier molecular flexibility index (Phi) is 6.21. The number of hydrogen-bond acceptors (Lipinski definition) is 4. The zero-order chi connectivity index (χ0) is 16.0. The van der Waals surface area contributed by atoms with Crippen molar-refractivity contribution in [2.75, 3.05) is 25.4 Å². The molecule has 0 unspecified atom stereocenters. The van der Waals surface area contributed by atoms with Crippen LogP contribution in [0.2, 0.25) is 0 Å². The van der Waals surface area contributed by atoms with E-state index in [1.54, 1.807) is 19.1 Å². The largest absolute Gasteiger partial charge is 0.465 e. The number of carbonyl (C=O) groups is 2. The van der Waals surface area contributed by atoms with Gasteiger partial charge in [0, 0.05) is 12.2 Å². The van der Waals surface area contributed by atoms with Crippen LogP contribution in [0, 0.1) is 12.8 Å². The van der Waals surface area contributed by atoms with Crippen LogP contribution in [0.4, 0.5) is 5.69 Å². The summed E-state index contributed by atoms with van der Waals surface area (Å²) in [4.78, 5) is 25.8. The number of nitrogens with two attached hydrogens (primary N) is 1. The summed E-state index contributed by atoms with van der Waals surface area (Å²) in [6, 6.07) is 5.31. The highest BCUT2D eigenvalue weighted by Crippen LogP contribution is 2.17. The lowest BCUT2D eigenvalue weighted by Gasteiger charge is -2.24. The average Bonchev–Trinajstić information content (AvgIpc) is 2.39. The Morgan fingerprint density at radius 2 is 2.00 bits per heavy atom. The smallest absolute Gasteiger partial charge is 0.325 e. The van der Waals surface area contributed by atoms with Gasteiger partial charge in [0.25, 0.3) is 5.91 Å². The van der Waals surface area contributed by atoms with E-state index in [1.165, 1.54) is 4.90 Å². The first-order chi connectivity index (χ1) is 9.85. The van der Waals surface area contributed by atoms with E-state index < -0.39 is 5.97 Å². The highest BCUT2D eigenvalue weighted by Gasteiger charge is 2.22. The number of esters is 1. The molecule has 21 heavy (non-hydrogen) atoms. The monoisotopic (exact) mass is 292 g/mol. The first kappa shape index (κ1) is 17.0. The molecule has 0 aliphatic rings. The van der Waals surface area contributed by atoms with E-state index in [0.717, 1.165) is 5.56 Å². The molecular formula is C16H24N2O3. The molecule has 1 amide bonds. The third-order valence-electron chi connectivity index (χ3n) is 2.94. The van der Waals surface area contributed by atoms with Crippen molar-refractivity contribution in [2.45, 2.75) is 27.7 Å². The number of nitrogen functional groups attached to an aromatic ring is 1. The number of rotatable bonds is 6. The molecule has 2 N–H and O–H groups in total. The fourth-order valence-corrected chi connectivity index (χ4v) is 2.05. The normalized spacial score (nSPS) is 10.5. The average molecular weight is 292 g/mol. The van der Waals surface area contributed by atoms with Crippen molar-refractivity contribution in [3.05, 3.63) is 29.3 Å². The van der Waals surface area contributed by atoms with E-state index in [4.69, 9.17) is 10.5 Å². The molecule has 0 saturated heterocycles. The van der Waals surface area contributed by atoms with Crippen LogP contribution in [-0.2, 0) is 9.53 Å². The Labute approximate surface area is 126 Å². The molecule has 0 aromatic heterocycles. The van der Waals surface area contributed by atoms with Gasteiger partial charge in [0.15, 0.2) is 0 Å². The molecule has 0 aliphatic heterocycles. The van der Waals surface area contributed by atoms with Gasteiger partial charge in [-0.15, -0.1) is 0 Å². The second kappa shape index (κ2) is 7.67. The summed E-state index contributed by atoms with van der Waals surface area (Å²) in [7, 11) is 0. The first-order valence-electron chi connectivity index (χ1n) is 7.16. The Morgan fingerprint density at radius 3 is 2.57 bits per heavy atom. The molecule has 116 valence electrons. The molecule has 1 rings (SSSR count). The van der Waals surface area contributed by atoms with Crippen LogP contribution in [0.15, 0.2) is 18.2 Å². The molecule has 1 aromatic rings. The summed E-state index contributed by atoms with van der Waals surface area (Å²) in [6.07, 6.45) is 0. The Bertz CT molecular complexity index is 512. The van der Waals surface area contributed by atoms with Gasteiger partial charge in [-0.25, -0.2) is 0 Å². The third kappa shape index (κ3) is 5.10. The molecule has 0 fully saturated rings. The van der Waals surface area contributed by atoms with Crippen LogP contribution in [0.3, 0.4) is 0 Å². The van der Waals surface area contributed by atoms with Crippen LogP contribution in [-0.4, -0.2) is 36.5 Å². The fourth-order valence-electron chi connectivity index (χ4n) is 2.05. The zero-order valence-corrected chi connectivity index (χ0v) is 13.2. The molecule has 0 aliphatic carbocycles. The third-order valence-corrected chi connectivity index (χ3v) is 2.94. The Balaban J connectivity index is 2.98. The van der Waals surface area contributed by atoms with Gasteiger partial charge in [-0.1, -0.05) is 25.5 Å². The van der Waals surface area contributed by atoms with E-state index in [-0.39, 0.29) is 18.4 Å². The number of amides is 1. The maximum Gasteiger partial charge on any atom is 0.325 e. The van der Waals surface area contributed by atoms with Gasteiger partial charge >= 0.3 is 5.97 Å². The Morgan fingerprint density at radius 1 is 1.33 bits per heavy atom. The van der Waals surface area contributed by atoms with E-state index in [0.29, 0.717) is 24.4 Å². The molecule has 1 aromatic carbocycles. The van der Waals surface area contributed by atoms with Crippen molar-refractivity contribution in [3.8, 4) is 0 Å². The quantitative estimate of drug-likeness (QED) is 0.644. The van der Waals surface area contributed by atoms with Crippen molar-refractivity contribution in [1.82, 2.24) is 4.90 Å². The predicted octanol–water partition coefficient (Wildman–Crippen LogP) is 2.24. The number of nitrogens with zero attached hydrogens (tertiary/aromatic N) is 1. The van der Waals surface area contributed by atoms with E-state index in [1.807, 2.05) is 26.8 Å². The summed E-state index contributed by atoms with van der Waals surface area (Å²) in [5, 5.41) is 0. The number of benzene rings is 1. The molecule has 0 radical (unpaired) electrons. The van der Waals surface area contributed by atoms with E-state index >= 15 is 0 Å². The van der Waals surface area contributed by atoms with Crippen molar-refractivity contribution in [1.29, 1.82) is 0 Å². The van der Waals surface area contributed by atoms with Gasteiger partial charge in [-0.05, 0) is 31.9 Å². The number of aryl methyl sites for hydroxylation is 1. The lowest BCUT2D eigenvalue weighted by molar-refractivity contribution is -0.143. The molecule has 5 nitrogen and oxygen atoms in total. The van der Waals surface area contributed by atoms with Crippen LogP contribution in [0.1, 0.15) is 36.7 Å². The number of hydrogen-bond donors (Lipinski definition) is 1. The summed E-state index contributed by atoms with van der Waals surface area (Å²) in [5.74, 6) is -0.398. The lowest BCUT2D eigenvalue weighted by atomic mass is 10.1. The van der Waals surface area contributed by atoms with Gasteiger partial charge < -0.3 is 15.4 Å².